The summed E-state index contributed by atoms with van der Waals surface area (Å²) in [4.78, 5) is 4.32. The number of nitrogens with one attached hydrogen (secondary N) is 1. The number of aliphatic hydroxyl groups is 1. The summed E-state index contributed by atoms with van der Waals surface area (Å²) < 4.78 is 16.4. The van der Waals surface area contributed by atoms with Gasteiger partial charge in [0.05, 0.1) is 17.2 Å². The number of nitrogens with zero attached hydrogens (tertiary/aromatic N) is 2. The Bertz CT molecular complexity index is 748. The van der Waals surface area contributed by atoms with Crippen molar-refractivity contribution in [2.45, 2.75) is 37.9 Å². The van der Waals surface area contributed by atoms with Crippen molar-refractivity contribution in [1.82, 2.24) is 15.5 Å². The van der Waals surface area contributed by atoms with Crippen LogP contribution in [0.25, 0.3) is 11.5 Å². The lowest BCUT2D eigenvalue weighted by molar-refractivity contribution is -0.129. The Morgan fingerprint density at radius 3 is 2.93 bits per heavy atom. The van der Waals surface area contributed by atoms with Crippen molar-refractivity contribution in [1.29, 1.82) is 0 Å². The van der Waals surface area contributed by atoms with Crippen molar-refractivity contribution in [3.63, 3.8) is 0 Å². The molecule has 0 bridgehead atoms. The highest BCUT2D eigenvalue weighted by atomic mass is 35.5. The van der Waals surface area contributed by atoms with Crippen molar-refractivity contribution >= 4 is 11.6 Å². The maximum atomic E-state index is 11.8. The lowest BCUT2D eigenvalue weighted by Gasteiger charge is -2.40. The molecule has 1 fully saturated rings. The van der Waals surface area contributed by atoms with E-state index in [0.29, 0.717) is 54.0 Å². The number of rotatable bonds is 8. The molecule has 0 aliphatic carbocycles. The minimum Gasteiger partial charge on any atom is -0.385 e. The lowest BCUT2D eigenvalue weighted by Crippen LogP contribution is -2.51. The fraction of sp³-hybridized carbons (Fsp3) is 0.579. The van der Waals surface area contributed by atoms with Crippen LogP contribution < -0.4 is 5.32 Å². The quantitative estimate of drug-likeness (QED) is 0.664. The lowest BCUT2D eigenvalue weighted by atomic mass is 9.80. The Morgan fingerprint density at radius 2 is 2.26 bits per heavy atom. The van der Waals surface area contributed by atoms with Crippen LogP contribution >= 0.6 is 11.6 Å². The molecule has 27 heavy (non-hydrogen) atoms. The number of morpholine rings is 1. The molecule has 8 heteroatoms. The third-order valence-corrected chi connectivity index (χ3v) is 5.15. The molecule has 7 nitrogen and oxygen atoms in total. The number of aryl methyl sites for hydroxylation is 1. The standard InChI is InChI=1S/C19H26ClN3O4/c1-13-22-18(27-23-13)17-14(6-5-7-15(17)20)19(24,8-3-4-10-25-2)16-12-21-9-11-26-16/h5-7,16,21,24H,3-4,8-12H2,1-2H3. The number of aromatic nitrogens is 2. The Balaban J connectivity index is 2.02. The van der Waals surface area contributed by atoms with Crippen LogP contribution in [0.2, 0.25) is 5.02 Å². The number of methoxy groups -OCH3 is 1. The zero-order valence-electron chi connectivity index (χ0n) is 15.7. The minimum absolute atomic E-state index is 0.298. The maximum Gasteiger partial charge on any atom is 0.259 e. The normalized spacial score (nSPS) is 19.8. The highest BCUT2D eigenvalue weighted by Gasteiger charge is 2.42. The van der Waals surface area contributed by atoms with E-state index < -0.39 is 11.7 Å². The van der Waals surface area contributed by atoms with Gasteiger partial charge in [0, 0.05) is 32.4 Å². The molecule has 148 valence electrons. The van der Waals surface area contributed by atoms with Gasteiger partial charge in [0.25, 0.3) is 5.89 Å². The average Bonchev–Trinajstić information content (AvgIpc) is 3.11. The van der Waals surface area contributed by atoms with Gasteiger partial charge in [-0.2, -0.15) is 4.98 Å². The Hall–Kier alpha value is -1.51. The third-order valence-electron chi connectivity index (χ3n) is 4.84. The van der Waals surface area contributed by atoms with Crippen LogP contribution in [-0.4, -0.2) is 54.8 Å². The van der Waals surface area contributed by atoms with Crippen molar-refractivity contribution in [2.75, 3.05) is 33.4 Å². The smallest absolute Gasteiger partial charge is 0.259 e. The van der Waals surface area contributed by atoms with Crippen LogP contribution in [0, 0.1) is 6.92 Å². The third kappa shape index (κ3) is 4.50. The predicted molar refractivity (Wildman–Crippen MR) is 102 cm³/mol. The monoisotopic (exact) mass is 395 g/mol. The van der Waals surface area contributed by atoms with E-state index in [4.69, 9.17) is 25.6 Å². The minimum atomic E-state index is -1.25. The highest BCUT2D eigenvalue weighted by Crippen LogP contribution is 2.41. The molecular weight excluding hydrogens is 370 g/mol. The van der Waals surface area contributed by atoms with Crippen LogP contribution in [0.1, 0.15) is 30.7 Å². The number of hydrogen-bond acceptors (Lipinski definition) is 7. The van der Waals surface area contributed by atoms with Crippen LogP contribution in [0.3, 0.4) is 0 Å². The summed E-state index contributed by atoms with van der Waals surface area (Å²) in [7, 11) is 1.67. The highest BCUT2D eigenvalue weighted by molar-refractivity contribution is 6.33. The van der Waals surface area contributed by atoms with Gasteiger partial charge in [-0.25, -0.2) is 0 Å². The zero-order valence-corrected chi connectivity index (χ0v) is 16.5. The predicted octanol–water partition coefficient (Wildman–Crippen LogP) is 2.69. The van der Waals surface area contributed by atoms with Crippen molar-refractivity contribution in [2.24, 2.45) is 0 Å². The maximum absolute atomic E-state index is 11.8. The molecule has 2 aromatic rings. The van der Waals surface area contributed by atoms with E-state index in [1.807, 2.05) is 12.1 Å². The Morgan fingerprint density at radius 1 is 1.41 bits per heavy atom. The van der Waals surface area contributed by atoms with Crippen molar-refractivity contribution in [3.05, 3.63) is 34.6 Å². The Labute approximate surface area is 164 Å². The molecule has 3 rings (SSSR count). The number of ether oxygens (including phenoxy) is 2. The molecule has 1 aromatic heterocycles. The van der Waals surface area contributed by atoms with E-state index in [-0.39, 0.29) is 0 Å². The average molecular weight is 396 g/mol. The number of halogens is 1. The van der Waals surface area contributed by atoms with Crippen LogP contribution in [-0.2, 0) is 15.1 Å². The molecule has 2 unspecified atom stereocenters. The molecule has 1 aromatic carbocycles. The molecule has 2 heterocycles. The van der Waals surface area contributed by atoms with E-state index >= 15 is 0 Å². The molecule has 0 spiro atoms. The summed E-state index contributed by atoms with van der Waals surface area (Å²) in [6.45, 7) is 4.25. The van der Waals surface area contributed by atoms with Gasteiger partial charge in [-0.05, 0) is 32.3 Å². The van der Waals surface area contributed by atoms with E-state index in [9.17, 15) is 5.11 Å². The first-order valence-corrected chi connectivity index (χ1v) is 9.57. The molecule has 0 saturated carbocycles. The Kier molecular flexibility index (Phi) is 6.83. The van der Waals surface area contributed by atoms with Crippen LogP contribution in [0.15, 0.2) is 22.7 Å². The van der Waals surface area contributed by atoms with E-state index in [0.717, 1.165) is 19.4 Å². The van der Waals surface area contributed by atoms with Crippen molar-refractivity contribution < 1.29 is 19.1 Å². The topological polar surface area (TPSA) is 89.6 Å². The van der Waals surface area contributed by atoms with Gasteiger partial charge < -0.3 is 24.4 Å². The number of hydrogen-bond donors (Lipinski definition) is 2. The first-order chi connectivity index (χ1) is 13.1. The second-order valence-electron chi connectivity index (χ2n) is 6.75. The molecular formula is C19H26ClN3O4. The van der Waals surface area contributed by atoms with Crippen LogP contribution in [0.4, 0.5) is 0 Å². The number of unbranched alkanes of at least 4 members (excludes halogenated alkanes) is 1. The molecule has 2 atom stereocenters. The summed E-state index contributed by atoms with van der Waals surface area (Å²) in [5.74, 6) is 0.808. The summed E-state index contributed by atoms with van der Waals surface area (Å²) in [6.07, 6.45) is 1.71. The molecule has 0 radical (unpaired) electrons. The zero-order chi connectivity index (χ0) is 19.3. The largest absolute Gasteiger partial charge is 0.385 e. The van der Waals surface area contributed by atoms with Gasteiger partial charge in [0.15, 0.2) is 5.82 Å². The summed E-state index contributed by atoms with van der Waals surface area (Å²) in [6, 6.07) is 5.43. The number of benzene rings is 1. The van der Waals surface area contributed by atoms with E-state index in [1.54, 1.807) is 20.1 Å². The van der Waals surface area contributed by atoms with Gasteiger partial charge in [0.1, 0.15) is 11.7 Å². The second-order valence-corrected chi connectivity index (χ2v) is 7.15. The van der Waals surface area contributed by atoms with Gasteiger partial charge in [-0.1, -0.05) is 28.9 Å². The van der Waals surface area contributed by atoms with Gasteiger partial charge >= 0.3 is 0 Å². The SMILES string of the molecule is COCCCCC(O)(c1cccc(Cl)c1-c1nc(C)no1)C1CNCCO1. The van der Waals surface area contributed by atoms with Crippen molar-refractivity contribution in [3.8, 4) is 11.5 Å². The van der Waals surface area contributed by atoms with Crippen LogP contribution in [0.5, 0.6) is 0 Å². The first-order valence-electron chi connectivity index (χ1n) is 9.19. The van der Waals surface area contributed by atoms with E-state index in [2.05, 4.69) is 15.5 Å². The second kappa shape index (κ2) is 9.12. The molecule has 1 saturated heterocycles. The van der Waals surface area contributed by atoms with Gasteiger partial charge in [-0.3, -0.25) is 0 Å². The van der Waals surface area contributed by atoms with Gasteiger partial charge in [-0.15, -0.1) is 0 Å². The fourth-order valence-corrected chi connectivity index (χ4v) is 3.74. The molecule has 0 amide bonds. The fourth-order valence-electron chi connectivity index (χ4n) is 3.48. The summed E-state index contributed by atoms with van der Waals surface area (Å²) >= 11 is 6.49. The summed E-state index contributed by atoms with van der Waals surface area (Å²) in [5, 5.41) is 19.4. The van der Waals surface area contributed by atoms with E-state index in [1.165, 1.54) is 0 Å². The first kappa shape index (κ1) is 20.2. The molecule has 2 N–H and O–H groups in total. The van der Waals surface area contributed by atoms with Gasteiger partial charge in [0.2, 0.25) is 0 Å². The summed E-state index contributed by atoms with van der Waals surface area (Å²) in [5.41, 5.74) is -0.0445. The molecule has 1 aliphatic heterocycles. The molecule has 1 aliphatic rings.